The smallest absolute Gasteiger partial charge is 0.264 e. The van der Waals surface area contributed by atoms with Crippen LogP contribution in [0.3, 0.4) is 0 Å². The third-order valence-electron chi connectivity index (χ3n) is 7.49. The molecule has 47 heavy (non-hydrogen) atoms. The van der Waals surface area contributed by atoms with E-state index in [4.69, 9.17) is 21.1 Å². The first kappa shape index (κ1) is 35.3. The van der Waals surface area contributed by atoms with Crippen molar-refractivity contribution in [2.75, 3.05) is 25.1 Å². The highest BCUT2D eigenvalue weighted by Gasteiger charge is 2.36. The number of hydrogen-bond donors (Lipinski definition) is 1. The van der Waals surface area contributed by atoms with Gasteiger partial charge in [-0.1, -0.05) is 71.8 Å². The lowest BCUT2D eigenvalue weighted by atomic mass is 10.0. The summed E-state index contributed by atoms with van der Waals surface area (Å²) in [6.07, 6.45) is 0.195. The van der Waals surface area contributed by atoms with Gasteiger partial charge in [0.15, 0.2) is 0 Å². The lowest BCUT2D eigenvalue weighted by Gasteiger charge is -2.34. The molecule has 0 radical (unpaired) electrons. The van der Waals surface area contributed by atoms with Crippen LogP contribution in [0, 0.1) is 6.92 Å². The number of sulfonamides is 1. The van der Waals surface area contributed by atoms with Gasteiger partial charge in [0.2, 0.25) is 11.8 Å². The number of ether oxygens (including phenoxy) is 2. The lowest BCUT2D eigenvalue weighted by molar-refractivity contribution is -0.140. The summed E-state index contributed by atoms with van der Waals surface area (Å²) in [5.74, 6) is -0.192. The molecule has 4 aromatic rings. The number of nitrogens with one attached hydrogen (secondary N) is 1. The van der Waals surface area contributed by atoms with Crippen LogP contribution in [0.2, 0.25) is 5.02 Å². The molecule has 0 spiro atoms. The molecule has 4 rings (SSSR count). The van der Waals surface area contributed by atoms with Crippen LogP contribution in [0.5, 0.6) is 11.5 Å². The van der Waals surface area contributed by atoms with Gasteiger partial charge in [0, 0.05) is 24.0 Å². The zero-order valence-electron chi connectivity index (χ0n) is 27.1. The van der Waals surface area contributed by atoms with Gasteiger partial charge in [-0.2, -0.15) is 0 Å². The van der Waals surface area contributed by atoms with Gasteiger partial charge in [0.1, 0.15) is 24.1 Å². The normalized spacial score (nSPS) is 11.9. The van der Waals surface area contributed by atoms with E-state index < -0.39 is 28.5 Å². The first-order chi connectivity index (χ1) is 22.4. The highest BCUT2D eigenvalue weighted by Crippen LogP contribution is 2.35. The Morgan fingerprint density at radius 2 is 1.53 bits per heavy atom. The second-order valence-corrected chi connectivity index (χ2v) is 13.7. The fourth-order valence-corrected chi connectivity index (χ4v) is 6.69. The van der Waals surface area contributed by atoms with Crippen LogP contribution in [0.1, 0.15) is 30.5 Å². The minimum Gasteiger partial charge on any atom is -0.497 e. The number of amides is 2. The molecule has 0 aliphatic rings. The summed E-state index contributed by atoms with van der Waals surface area (Å²) >= 11 is 6.36. The molecule has 0 heterocycles. The molecule has 1 atom stereocenters. The maximum atomic E-state index is 14.7. The molecule has 9 nitrogen and oxygen atoms in total. The fraction of sp³-hybridized carbons (Fsp3) is 0.278. The Kier molecular flexibility index (Phi) is 11.9. The van der Waals surface area contributed by atoms with E-state index in [9.17, 15) is 18.0 Å². The Bertz CT molecular complexity index is 1780. The van der Waals surface area contributed by atoms with Gasteiger partial charge in [-0.05, 0) is 74.4 Å². The van der Waals surface area contributed by atoms with Gasteiger partial charge in [-0.3, -0.25) is 13.9 Å². The van der Waals surface area contributed by atoms with Crippen molar-refractivity contribution < 1.29 is 27.5 Å². The topological polar surface area (TPSA) is 105 Å². The molecule has 0 aliphatic carbocycles. The van der Waals surface area contributed by atoms with Gasteiger partial charge in [-0.25, -0.2) is 8.42 Å². The van der Waals surface area contributed by atoms with Gasteiger partial charge in [0.05, 0.1) is 24.8 Å². The number of carbonyl (C=O) groups is 2. The van der Waals surface area contributed by atoms with Crippen molar-refractivity contribution in [1.82, 2.24) is 10.2 Å². The Morgan fingerprint density at radius 1 is 0.851 bits per heavy atom. The average molecular weight is 678 g/mol. The van der Waals surface area contributed by atoms with E-state index in [-0.39, 0.29) is 46.3 Å². The molecular weight excluding hydrogens is 638 g/mol. The number of methoxy groups -OCH3 is 2. The third kappa shape index (κ3) is 9.05. The minimum absolute atomic E-state index is 0.00412. The van der Waals surface area contributed by atoms with E-state index >= 15 is 0 Å². The largest absolute Gasteiger partial charge is 0.497 e. The highest BCUT2D eigenvalue weighted by atomic mass is 35.5. The summed E-state index contributed by atoms with van der Waals surface area (Å²) in [6, 6.07) is 26.3. The van der Waals surface area contributed by atoms with E-state index in [2.05, 4.69) is 5.32 Å². The monoisotopic (exact) mass is 677 g/mol. The molecule has 2 amide bonds. The predicted octanol–water partition coefficient (Wildman–Crippen LogP) is 6.03. The summed E-state index contributed by atoms with van der Waals surface area (Å²) in [5.41, 5.74) is 2.49. The number of aryl methyl sites for hydroxylation is 1. The average Bonchev–Trinajstić information content (AvgIpc) is 3.05. The van der Waals surface area contributed by atoms with Crippen LogP contribution in [0.4, 0.5) is 5.69 Å². The van der Waals surface area contributed by atoms with Crippen molar-refractivity contribution in [2.24, 2.45) is 0 Å². The van der Waals surface area contributed by atoms with Gasteiger partial charge in [0.25, 0.3) is 10.0 Å². The molecule has 0 aromatic heterocycles. The summed E-state index contributed by atoms with van der Waals surface area (Å²) in [5, 5.41) is 3.21. The number of benzene rings is 4. The standard InChI is InChI=1S/C36H40ClN3O6S/c1-25(2)38-36(42)33(21-27-10-7-6-8-11-27)39(23-28-12-9-13-30(20-28)45-4)35(41)24-40(32-22-29(37)16-19-34(32)46-5)47(43,44)31-17-14-26(3)15-18-31/h6-20,22,25,33H,21,23-24H2,1-5H3,(H,38,42)/t33-/m0/s1. The molecule has 1 N–H and O–H groups in total. The predicted molar refractivity (Wildman–Crippen MR) is 184 cm³/mol. The first-order valence-corrected chi connectivity index (χ1v) is 16.9. The van der Waals surface area contributed by atoms with E-state index in [0.29, 0.717) is 11.3 Å². The molecule has 0 fully saturated rings. The van der Waals surface area contributed by atoms with Crippen molar-refractivity contribution in [3.05, 3.63) is 119 Å². The number of anilines is 1. The SMILES string of the molecule is COc1cccc(CN(C(=O)CN(c2cc(Cl)ccc2OC)S(=O)(=O)c2ccc(C)cc2)[C@@H](Cc2ccccc2)C(=O)NC(C)C)c1. The molecular formula is C36H40ClN3O6S. The van der Waals surface area contributed by atoms with Gasteiger partial charge in [-0.15, -0.1) is 0 Å². The van der Waals surface area contributed by atoms with Crippen molar-refractivity contribution in [2.45, 2.75) is 50.7 Å². The van der Waals surface area contributed by atoms with Crippen LogP contribution in [-0.4, -0.2) is 58.0 Å². The van der Waals surface area contributed by atoms with E-state index in [1.807, 2.05) is 57.2 Å². The van der Waals surface area contributed by atoms with Crippen LogP contribution in [-0.2, 0) is 32.6 Å². The van der Waals surface area contributed by atoms with E-state index in [1.165, 1.54) is 30.2 Å². The maximum absolute atomic E-state index is 14.7. The van der Waals surface area contributed by atoms with Crippen molar-refractivity contribution >= 4 is 39.1 Å². The Balaban J connectivity index is 1.86. The molecule has 0 bridgehead atoms. The van der Waals surface area contributed by atoms with E-state index in [0.717, 1.165) is 15.4 Å². The molecule has 11 heteroatoms. The third-order valence-corrected chi connectivity index (χ3v) is 9.50. The van der Waals surface area contributed by atoms with Gasteiger partial charge >= 0.3 is 0 Å². The van der Waals surface area contributed by atoms with Crippen molar-refractivity contribution in [3.8, 4) is 11.5 Å². The van der Waals surface area contributed by atoms with Crippen LogP contribution >= 0.6 is 11.6 Å². The number of carbonyl (C=O) groups excluding carboxylic acids is 2. The van der Waals surface area contributed by atoms with E-state index in [1.54, 1.807) is 49.6 Å². The summed E-state index contributed by atoms with van der Waals surface area (Å²) < 4.78 is 40.6. The first-order valence-electron chi connectivity index (χ1n) is 15.1. The van der Waals surface area contributed by atoms with Crippen molar-refractivity contribution in [1.29, 1.82) is 0 Å². The highest BCUT2D eigenvalue weighted by molar-refractivity contribution is 7.92. The maximum Gasteiger partial charge on any atom is 0.264 e. The molecule has 0 unspecified atom stereocenters. The quantitative estimate of drug-likeness (QED) is 0.175. The molecule has 248 valence electrons. The molecule has 0 saturated carbocycles. The zero-order valence-corrected chi connectivity index (χ0v) is 28.7. The van der Waals surface area contributed by atoms with Gasteiger partial charge < -0.3 is 19.7 Å². The Labute approximate surface area is 282 Å². The Hall–Kier alpha value is -4.54. The molecule has 0 saturated heterocycles. The number of nitrogens with zero attached hydrogens (tertiary/aromatic N) is 2. The summed E-state index contributed by atoms with van der Waals surface area (Å²) in [6.45, 7) is 4.89. The number of hydrogen-bond acceptors (Lipinski definition) is 6. The number of halogens is 1. The number of rotatable bonds is 14. The summed E-state index contributed by atoms with van der Waals surface area (Å²) in [7, 11) is -1.38. The fourth-order valence-electron chi connectivity index (χ4n) is 5.11. The molecule has 4 aromatic carbocycles. The minimum atomic E-state index is -4.33. The van der Waals surface area contributed by atoms with Crippen LogP contribution in [0.25, 0.3) is 0 Å². The lowest BCUT2D eigenvalue weighted by Crippen LogP contribution is -2.54. The second kappa shape index (κ2) is 15.8. The van der Waals surface area contributed by atoms with Crippen LogP contribution in [0.15, 0.2) is 102 Å². The van der Waals surface area contributed by atoms with Crippen LogP contribution < -0.4 is 19.1 Å². The molecule has 0 aliphatic heterocycles. The zero-order chi connectivity index (χ0) is 34.1. The Morgan fingerprint density at radius 3 is 2.17 bits per heavy atom. The second-order valence-electron chi connectivity index (χ2n) is 11.4. The van der Waals surface area contributed by atoms with Crippen molar-refractivity contribution in [3.63, 3.8) is 0 Å². The summed E-state index contributed by atoms with van der Waals surface area (Å²) in [4.78, 5) is 29.9.